The largest absolute Gasteiger partial charge is 0.382 e. The molecule has 0 atom stereocenters. The van der Waals surface area contributed by atoms with Gasteiger partial charge in [-0.25, -0.2) is 9.97 Å². The number of anilines is 1. The van der Waals surface area contributed by atoms with Crippen LogP contribution >= 0.6 is 15.9 Å². The van der Waals surface area contributed by atoms with Gasteiger partial charge >= 0.3 is 0 Å². The quantitative estimate of drug-likeness (QED) is 0.742. The van der Waals surface area contributed by atoms with E-state index in [1.54, 1.807) is 6.20 Å². The Balaban J connectivity index is 3.23. The van der Waals surface area contributed by atoms with Crippen LogP contribution in [0.25, 0.3) is 0 Å². The van der Waals surface area contributed by atoms with Crippen LogP contribution in [0.3, 0.4) is 0 Å². The number of rotatable bonds is 0. The second-order valence-corrected chi connectivity index (χ2v) is 4.49. The fourth-order valence-electron chi connectivity index (χ4n) is 0.929. The van der Waals surface area contributed by atoms with Crippen molar-refractivity contribution in [1.29, 1.82) is 0 Å². The first kappa shape index (κ1) is 9.45. The van der Waals surface area contributed by atoms with Crippen molar-refractivity contribution in [2.45, 2.75) is 26.2 Å². The molecule has 0 saturated carbocycles. The van der Waals surface area contributed by atoms with Gasteiger partial charge in [-0.15, -0.1) is 0 Å². The summed E-state index contributed by atoms with van der Waals surface area (Å²) in [5.41, 5.74) is 6.46. The number of halogens is 1. The molecule has 1 aromatic heterocycles. The topological polar surface area (TPSA) is 51.8 Å². The molecule has 3 nitrogen and oxygen atoms in total. The minimum Gasteiger partial charge on any atom is -0.382 e. The van der Waals surface area contributed by atoms with Crippen LogP contribution in [-0.2, 0) is 5.41 Å². The Morgan fingerprint density at radius 1 is 1.42 bits per heavy atom. The number of nitrogens with zero attached hydrogens (tertiary/aromatic N) is 2. The fraction of sp³-hybridized carbons (Fsp3) is 0.500. The fourth-order valence-corrected chi connectivity index (χ4v) is 1.21. The zero-order valence-corrected chi connectivity index (χ0v) is 9.01. The summed E-state index contributed by atoms with van der Waals surface area (Å²) in [6, 6.07) is 0. The van der Waals surface area contributed by atoms with Gasteiger partial charge in [0.25, 0.3) is 0 Å². The SMILES string of the molecule is CC(C)(C)c1nc(Br)cnc1N. The Kier molecular flexibility index (Phi) is 2.37. The first-order valence-corrected chi connectivity index (χ1v) is 4.49. The molecule has 0 amide bonds. The Morgan fingerprint density at radius 2 is 2.00 bits per heavy atom. The summed E-state index contributed by atoms with van der Waals surface area (Å²) in [6.07, 6.45) is 1.60. The molecule has 0 radical (unpaired) electrons. The molecule has 66 valence electrons. The van der Waals surface area contributed by atoms with Gasteiger partial charge in [0, 0.05) is 5.41 Å². The minimum absolute atomic E-state index is 0.0547. The van der Waals surface area contributed by atoms with Gasteiger partial charge in [0.05, 0.1) is 11.9 Å². The maximum atomic E-state index is 5.68. The van der Waals surface area contributed by atoms with Gasteiger partial charge in [0.2, 0.25) is 0 Å². The lowest BCUT2D eigenvalue weighted by Gasteiger charge is -2.18. The summed E-state index contributed by atoms with van der Waals surface area (Å²) in [4.78, 5) is 8.29. The second kappa shape index (κ2) is 3.01. The molecule has 0 aliphatic rings. The number of aromatic nitrogens is 2. The van der Waals surface area contributed by atoms with Crippen LogP contribution in [0.15, 0.2) is 10.8 Å². The van der Waals surface area contributed by atoms with Gasteiger partial charge in [-0.1, -0.05) is 20.8 Å². The first-order valence-electron chi connectivity index (χ1n) is 3.70. The number of hydrogen-bond acceptors (Lipinski definition) is 3. The van der Waals surface area contributed by atoms with Gasteiger partial charge in [0.15, 0.2) is 0 Å². The third-order valence-electron chi connectivity index (χ3n) is 1.48. The van der Waals surface area contributed by atoms with E-state index in [4.69, 9.17) is 5.73 Å². The molecule has 4 heteroatoms. The molecule has 0 aromatic carbocycles. The van der Waals surface area contributed by atoms with Gasteiger partial charge in [-0.2, -0.15) is 0 Å². The van der Waals surface area contributed by atoms with E-state index >= 15 is 0 Å². The lowest BCUT2D eigenvalue weighted by atomic mass is 9.92. The van der Waals surface area contributed by atoms with E-state index in [0.29, 0.717) is 5.82 Å². The highest BCUT2D eigenvalue weighted by Crippen LogP contribution is 2.25. The smallest absolute Gasteiger partial charge is 0.145 e. The predicted octanol–water partition coefficient (Wildman–Crippen LogP) is 2.12. The van der Waals surface area contributed by atoms with Crippen LogP contribution in [0, 0.1) is 0 Å². The van der Waals surface area contributed by atoms with E-state index < -0.39 is 0 Å². The van der Waals surface area contributed by atoms with Crippen molar-refractivity contribution in [3.8, 4) is 0 Å². The normalized spacial score (nSPS) is 11.7. The number of hydrogen-bond donors (Lipinski definition) is 1. The summed E-state index contributed by atoms with van der Waals surface area (Å²) in [5.74, 6) is 0.505. The molecule has 1 heterocycles. The van der Waals surface area contributed by atoms with E-state index in [0.717, 1.165) is 10.3 Å². The molecule has 0 fully saturated rings. The van der Waals surface area contributed by atoms with Gasteiger partial charge in [-0.05, 0) is 15.9 Å². The molecule has 0 aliphatic heterocycles. The maximum absolute atomic E-state index is 5.68. The predicted molar refractivity (Wildman–Crippen MR) is 52.8 cm³/mol. The molecule has 0 saturated heterocycles. The molecule has 0 aliphatic carbocycles. The van der Waals surface area contributed by atoms with E-state index in [-0.39, 0.29) is 5.41 Å². The monoisotopic (exact) mass is 229 g/mol. The van der Waals surface area contributed by atoms with Crippen molar-refractivity contribution in [3.05, 3.63) is 16.5 Å². The lowest BCUT2D eigenvalue weighted by Crippen LogP contribution is -2.17. The van der Waals surface area contributed by atoms with Crippen LogP contribution < -0.4 is 5.73 Å². The van der Waals surface area contributed by atoms with Gasteiger partial charge in [0.1, 0.15) is 10.4 Å². The first-order chi connectivity index (χ1) is 5.41. The van der Waals surface area contributed by atoms with Crippen molar-refractivity contribution in [3.63, 3.8) is 0 Å². The van der Waals surface area contributed by atoms with Crippen molar-refractivity contribution in [1.82, 2.24) is 9.97 Å². The Bertz CT molecular complexity index is 291. The standard InChI is InChI=1S/C8H12BrN3/c1-8(2,3)6-7(10)11-4-5(9)12-6/h4H,1-3H3,(H2,10,11). The van der Waals surface area contributed by atoms with E-state index in [1.807, 2.05) is 0 Å². The summed E-state index contributed by atoms with van der Waals surface area (Å²) in [7, 11) is 0. The molecule has 12 heavy (non-hydrogen) atoms. The molecular weight excluding hydrogens is 218 g/mol. The molecule has 1 rings (SSSR count). The van der Waals surface area contributed by atoms with Crippen LogP contribution in [0.1, 0.15) is 26.5 Å². The lowest BCUT2D eigenvalue weighted by molar-refractivity contribution is 0.567. The Hall–Kier alpha value is -0.640. The van der Waals surface area contributed by atoms with Crippen LogP contribution in [0.2, 0.25) is 0 Å². The van der Waals surface area contributed by atoms with Gasteiger partial charge in [-0.3, -0.25) is 0 Å². The summed E-state index contributed by atoms with van der Waals surface area (Å²) < 4.78 is 0.724. The Labute approximate surface area is 80.5 Å². The zero-order valence-electron chi connectivity index (χ0n) is 7.43. The zero-order chi connectivity index (χ0) is 9.35. The van der Waals surface area contributed by atoms with Crippen LogP contribution in [-0.4, -0.2) is 9.97 Å². The molecule has 0 spiro atoms. The Morgan fingerprint density at radius 3 is 2.42 bits per heavy atom. The van der Waals surface area contributed by atoms with Crippen molar-refractivity contribution >= 4 is 21.7 Å². The molecule has 0 bridgehead atoms. The van der Waals surface area contributed by atoms with E-state index in [1.165, 1.54) is 0 Å². The van der Waals surface area contributed by atoms with Crippen LogP contribution in [0.5, 0.6) is 0 Å². The van der Waals surface area contributed by atoms with E-state index in [9.17, 15) is 0 Å². The van der Waals surface area contributed by atoms with Crippen LogP contribution in [0.4, 0.5) is 5.82 Å². The summed E-state index contributed by atoms with van der Waals surface area (Å²) in [6.45, 7) is 6.17. The number of nitrogen functional groups attached to an aromatic ring is 1. The molecular formula is C8H12BrN3. The number of nitrogens with two attached hydrogens (primary N) is 1. The minimum atomic E-state index is -0.0547. The van der Waals surface area contributed by atoms with Gasteiger partial charge < -0.3 is 5.73 Å². The molecule has 0 unspecified atom stereocenters. The average molecular weight is 230 g/mol. The van der Waals surface area contributed by atoms with Crippen molar-refractivity contribution < 1.29 is 0 Å². The highest BCUT2D eigenvalue weighted by Gasteiger charge is 2.19. The second-order valence-electron chi connectivity index (χ2n) is 3.68. The summed E-state index contributed by atoms with van der Waals surface area (Å²) in [5, 5.41) is 0. The van der Waals surface area contributed by atoms with Crippen molar-refractivity contribution in [2.75, 3.05) is 5.73 Å². The molecule has 1 aromatic rings. The third kappa shape index (κ3) is 1.94. The third-order valence-corrected chi connectivity index (χ3v) is 1.86. The molecule has 2 N–H and O–H groups in total. The highest BCUT2D eigenvalue weighted by atomic mass is 79.9. The highest BCUT2D eigenvalue weighted by molar-refractivity contribution is 9.10. The maximum Gasteiger partial charge on any atom is 0.145 e. The van der Waals surface area contributed by atoms with E-state index in [2.05, 4.69) is 46.7 Å². The average Bonchev–Trinajstić information content (AvgIpc) is 1.92. The summed E-state index contributed by atoms with van der Waals surface area (Å²) >= 11 is 3.26. The van der Waals surface area contributed by atoms with Crippen molar-refractivity contribution in [2.24, 2.45) is 0 Å².